The molecular weight excluding hydrogens is 453 g/mol. The van der Waals surface area contributed by atoms with E-state index in [9.17, 15) is 0 Å². The standard InChI is InChI=1S/C24H44O5Si3/c1-30(2,17-9-15-25-19-22-13-14-22)28-32(5,24-11-7-6-8-12-24)29-31(3,4)18-10-16-26-20-23-21-27-23/h6-8,11-12,22-23H,9-10,13-21H2,1-5H3. The second-order valence-corrected chi connectivity index (χ2v) is 22.9. The SMILES string of the molecule is C[Si](C)(CCCOCC1CC1)O[Si](C)(O[Si](C)(C)CCCOCC1CO1)c1ccccc1. The Morgan fingerprint density at radius 1 is 0.812 bits per heavy atom. The molecule has 2 aliphatic rings. The van der Waals surface area contributed by atoms with Gasteiger partial charge in [0.05, 0.1) is 13.2 Å². The maximum absolute atomic E-state index is 7.04. The van der Waals surface area contributed by atoms with Crippen LogP contribution in [0.5, 0.6) is 0 Å². The fraction of sp³-hybridized carbons (Fsp3) is 0.750. The quantitative estimate of drug-likeness (QED) is 0.172. The van der Waals surface area contributed by atoms with E-state index in [1.807, 2.05) is 0 Å². The molecule has 0 bridgehead atoms. The van der Waals surface area contributed by atoms with Gasteiger partial charge < -0.3 is 22.4 Å². The van der Waals surface area contributed by atoms with Crippen LogP contribution in [-0.2, 0) is 22.4 Å². The first kappa shape index (κ1) is 26.3. The van der Waals surface area contributed by atoms with Gasteiger partial charge in [-0.15, -0.1) is 0 Å². The fourth-order valence-corrected chi connectivity index (χ4v) is 17.7. The van der Waals surface area contributed by atoms with Crippen molar-refractivity contribution in [2.24, 2.45) is 5.92 Å². The molecule has 1 heterocycles. The van der Waals surface area contributed by atoms with Gasteiger partial charge in [0.25, 0.3) is 0 Å². The van der Waals surface area contributed by atoms with Gasteiger partial charge in [0.15, 0.2) is 16.6 Å². The molecule has 1 aromatic rings. The summed E-state index contributed by atoms with van der Waals surface area (Å²) in [7, 11) is -6.33. The van der Waals surface area contributed by atoms with E-state index in [2.05, 4.69) is 63.1 Å². The lowest BCUT2D eigenvalue weighted by molar-refractivity contribution is 0.116. The molecule has 0 aromatic heterocycles. The largest absolute Gasteiger partial charge is 0.433 e. The van der Waals surface area contributed by atoms with Crippen molar-refractivity contribution in [2.45, 2.75) is 76.6 Å². The van der Waals surface area contributed by atoms with E-state index in [0.29, 0.717) is 6.10 Å². The zero-order valence-corrected chi connectivity index (χ0v) is 23.9. The van der Waals surface area contributed by atoms with Gasteiger partial charge in [-0.3, -0.25) is 0 Å². The summed E-state index contributed by atoms with van der Waals surface area (Å²) in [5, 5.41) is 1.24. The van der Waals surface area contributed by atoms with Crippen molar-refractivity contribution in [2.75, 3.05) is 33.0 Å². The second kappa shape index (κ2) is 11.9. The highest BCUT2D eigenvalue weighted by Gasteiger charge is 2.44. The van der Waals surface area contributed by atoms with Gasteiger partial charge in [0.1, 0.15) is 6.10 Å². The minimum atomic E-state index is -2.53. The lowest BCUT2D eigenvalue weighted by Gasteiger charge is -2.41. The molecule has 0 N–H and O–H groups in total. The van der Waals surface area contributed by atoms with Crippen molar-refractivity contribution >= 4 is 30.4 Å². The van der Waals surface area contributed by atoms with E-state index >= 15 is 0 Å². The predicted molar refractivity (Wildman–Crippen MR) is 138 cm³/mol. The van der Waals surface area contributed by atoms with Gasteiger partial charge in [-0.2, -0.15) is 0 Å². The molecule has 0 radical (unpaired) electrons. The van der Waals surface area contributed by atoms with Gasteiger partial charge in [-0.25, -0.2) is 0 Å². The van der Waals surface area contributed by atoms with Gasteiger partial charge in [0, 0.05) is 19.8 Å². The van der Waals surface area contributed by atoms with E-state index in [0.717, 1.165) is 63.9 Å². The van der Waals surface area contributed by atoms with E-state index in [-0.39, 0.29) is 0 Å². The summed E-state index contributed by atoms with van der Waals surface area (Å²) in [6, 6.07) is 12.9. The Morgan fingerprint density at radius 3 is 1.84 bits per heavy atom. The maximum atomic E-state index is 7.04. The molecule has 2 unspecified atom stereocenters. The monoisotopic (exact) mass is 496 g/mol. The van der Waals surface area contributed by atoms with Crippen molar-refractivity contribution in [1.29, 1.82) is 0 Å². The first-order chi connectivity index (χ1) is 15.2. The number of hydrogen-bond acceptors (Lipinski definition) is 5. The van der Waals surface area contributed by atoms with Crippen LogP contribution in [0, 0.1) is 5.92 Å². The Morgan fingerprint density at radius 2 is 1.34 bits per heavy atom. The average molecular weight is 497 g/mol. The predicted octanol–water partition coefficient (Wildman–Crippen LogP) is 5.03. The van der Waals surface area contributed by atoms with Crippen LogP contribution in [0.4, 0.5) is 0 Å². The topological polar surface area (TPSA) is 49.5 Å². The van der Waals surface area contributed by atoms with Crippen LogP contribution < -0.4 is 5.19 Å². The summed E-state index contributed by atoms with van der Waals surface area (Å²) in [4.78, 5) is 0. The zero-order valence-electron chi connectivity index (χ0n) is 20.9. The molecule has 182 valence electrons. The molecular formula is C24H44O5Si3. The molecule has 0 spiro atoms. The fourth-order valence-electron chi connectivity index (χ4n) is 4.15. The van der Waals surface area contributed by atoms with E-state index in [4.69, 9.17) is 22.4 Å². The Kier molecular flexibility index (Phi) is 9.76. The minimum Gasteiger partial charge on any atom is -0.433 e. The molecule has 1 aromatic carbocycles. The Balaban J connectivity index is 1.53. The summed E-state index contributed by atoms with van der Waals surface area (Å²) in [6.45, 7) is 15.8. The summed E-state index contributed by atoms with van der Waals surface area (Å²) in [6.07, 6.45) is 5.15. The first-order valence-electron chi connectivity index (χ1n) is 12.4. The highest BCUT2D eigenvalue weighted by molar-refractivity contribution is 6.94. The third-order valence-electron chi connectivity index (χ3n) is 6.13. The van der Waals surface area contributed by atoms with Crippen molar-refractivity contribution in [1.82, 2.24) is 0 Å². The molecule has 32 heavy (non-hydrogen) atoms. The van der Waals surface area contributed by atoms with Crippen molar-refractivity contribution in [3.8, 4) is 0 Å². The Labute approximate surface area is 198 Å². The highest BCUT2D eigenvalue weighted by atomic mass is 28.5. The summed E-state index contributed by atoms with van der Waals surface area (Å²) < 4.78 is 30.9. The first-order valence-corrected chi connectivity index (χ1v) is 21.0. The average Bonchev–Trinajstić information content (AvgIpc) is 3.62. The van der Waals surface area contributed by atoms with E-state index in [1.54, 1.807) is 0 Å². The van der Waals surface area contributed by atoms with Crippen LogP contribution in [-0.4, -0.2) is 64.3 Å². The maximum Gasteiger partial charge on any atom is 0.348 e. The zero-order chi connectivity index (χ0) is 23.1. The molecule has 0 amide bonds. The Bertz CT molecular complexity index is 641. The number of epoxide rings is 1. The molecule has 1 saturated carbocycles. The molecule has 1 saturated heterocycles. The number of benzene rings is 1. The van der Waals surface area contributed by atoms with Crippen LogP contribution in [0.25, 0.3) is 0 Å². The smallest absolute Gasteiger partial charge is 0.348 e. The van der Waals surface area contributed by atoms with Crippen molar-refractivity contribution < 1.29 is 22.4 Å². The van der Waals surface area contributed by atoms with Crippen LogP contribution in [0.2, 0.25) is 44.8 Å². The van der Waals surface area contributed by atoms with Crippen LogP contribution in [0.1, 0.15) is 25.7 Å². The number of hydrogen-bond donors (Lipinski definition) is 0. The molecule has 2 atom stereocenters. The highest BCUT2D eigenvalue weighted by Crippen LogP contribution is 2.29. The van der Waals surface area contributed by atoms with Gasteiger partial charge in [0.2, 0.25) is 0 Å². The molecule has 8 heteroatoms. The lowest BCUT2D eigenvalue weighted by Crippen LogP contribution is -2.61. The van der Waals surface area contributed by atoms with E-state index < -0.39 is 25.2 Å². The Hall–Kier alpha value is -0.329. The second-order valence-electron chi connectivity index (χ2n) is 10.8. The molecule has 1 aliphatic heterocycles. The number of ether oxygens (including phenoxy) is 3. The van der Waals surface area contributed by atoms with Crippen LogP contribution in [0.15, 0.2) is 30.3 Å². The third kappa shape index (κ3) is 9.89. The van der Waals surface area contributed by atoms with Gasteiger partial charge in [-0.1, -0.05) is 30.3 Å². The molecule has 3 rings (SSSR count). The summed E-state index contributed by atoms with van der Waals surface area (Å²) >= 11 is 0. The van der Waals surface area contributed by atoms with Crippen molar-refractivity contribution in [3.05, 3.63) is 30.3 Å². The normalized spacial score (nSPS) is 20.8. The molecule has 1 aliphatic carbocycles. The van der Waals surface area contributed by atoms with Crippen molar-refractivity contribution in [3.63, 3.8) is 0 Å². The minimum absolute atomic E-state index is 0.338. The third-order valence-corrected chi connectivity index (χ3v) is 18.2. The van der Waals surface area contributed by atoms with Gasteiger partial charge >= 0.3 is 8.56 Å². The lowest BCUT2D eigenvalue weighted by atomic mass is 10.4. The molecule has 2 fully saturated rings. The summed E-state index contributed by atoms with van der Waals surface area (Å²) in [5.41, 5.74) is 0. The molecule has 5 nitrogen and oxygen atoms in total. The van der Waals surface area contributed by atoms with Gasteiger partial charge in [-0.05, 0) is 81.6 Å². The van der Waals surface area contributed by atoms with E-state index in [1.165, 1.54) is 18.0 Å². The number of rotatable bonds is 17. The summed E-state index contributed by atoms with van der Waals surface area (Å²) in [5.74, 6) is 0.832. The van der Waals surface area contributed by atoms with Crippen LogP contribution in [0.3, 0.4) is 0 Å². The van der Waals surface area contributed by atoms with Crippen LogP contribution >= 0.6 is 0 Å².